The third-order valence-corrected chi connectivity index (χ3v) is 3.28. The number of nitrogens with zero attached hydrogens (tertiary/aromatic N) is 2. The maximum atomic E-state index is 10.7. The maximum absolute atomic E-state index is 10.7. The van der Waals surface area contributed by atoms with E-state index in [-0.39, 0.29) is 18.4 Å². The molecule has 0 aromatic heterocycles. The van der Waals surface area contributed by atoms with Gasteiger partial charge in [0.2, 0.25) is 0 Å². The Balaban J connectivity index is 1.88. The number of hydrogen-bond acceptors (Lipinski definition) is 5. The second kappa shape index (κ2) is 6.49. The van der Waals surface area contributed by atoms with E-state index in [1.807, 2.05) is 0 Å². The highest BCUT2D eigenvalue weighted by atomic mass is 16.6. The molecule has 6 heteroatoms. The van der Waals surface area contributed by atoms with Gasteiger partial charge in [-0.25, -0.2) is 0 Å². The van der Waals surface area contributed by atoms with Crippen molar-refractivity contribution >= 4 is 5.69 Å². The summed E-state index contributed by atoms with van der Waals surface area (Å²) in [6.07, 6.45) is 1.85. The molecule has 6 nitrogen and oxygen atoms in total. The van der Waals surface area contributed by atoms with E-state index in [0.29, 0.717) is 12.3 Å². The molecule has 1 aromatic rings. The number of aliphatic hydroxyl groups is 1. The van der Waals surface area contributed by atoms with Gasteiger partial charge in [-0.1, -0.05) is 6.07 Å². The van der Waals surface area contributed by atoms with Crippen LogP contribution >= 0.6 is 0 Å². The first-order chi connectivity index (χ1) is 9.19. The maximum Gasteiger partial charge on any atom is 0.273 e. The first kappa shape index (κ1) is 13.8. The Morgan fingerprint density at radius 1 is 1.42 bits per heavy atom. The number of nitro benzene ring substituents is 1. The molecule has 1 heterocycles. The smallest absolute Gasteiger partial charge is 0.273 e. The van der Waals surface area contributed by atoms with Gasteiger partial charge in [-0.15, -0.1) is 0 Å². The zero-order valence-electron chi connectivity index (χ0n) is 10.7. The molecule has 2 rings (SSSR count). The molecular formula is C13H18N2O4. The Morgan fingerprint density at radius 3 is 2.79 bits per heavy atom. The van der Waals surface area contributed by atoms with Gasteiger partial charge in [-0.3, -0.25) is 10.1 Å². The predicted molar refractivity (Wildman–Crippen MR) is 70.3 cm³/mol. The number of piperidine rings is 1. The van der Waals surface area contributed by atoms with Gasteiger partial charge in [0.15, 0.2) is 0 Å². The zero-order valence-corrected chi connectivity index (χ0v) is 10.7. The molecule has 1 aromatic carbocycles. The summed E-state index contributed by atoms with van der Waals surface area (Å²) < 4.78 is 5.78. The topological polar surface area (TPSA) is 75.8 Å². The van der Waals surface area contributed by atoms with Crippen LogP contribution in [0.3, 0.4) is 0 Å². The lowest BCUT2D eigenvalue weighted by atomic mass is 10.1. The Hall–Kier alpha value is -1.66. The number of hydrogen-bond donors (Lipinski definition) is 1. The van der Waals surface area contributed by atoms with Crippen LogP contribution in [0.1, 0.15) is 12.8 Å². The van der Waals surface area contributed by atoms with Crippen molar-refractivity contribution in [1.82, 2.24) is 4.90 Å². The molecule has 104 valence electrons. The molecular weight excluding hydrogens is 248 g/mol. The number of likely N-dealkylation sites (tertiary alicyclic amines) is 1. The largest absolute Gasteiger partial charge is 0.490 e. The Labute approximate surface area is 111 Å². The summed E-state index contributed by atoms with van der Waals surface area (Å²) in [6, 6.07) is 6.29. The molecule has 1 saturated heterocycles. The summed E-state index contributed by atoms with van der Waals surface area (Å²) in [6.45, 7) is 2.65. The van der Waals surface area contributed by atoms with Crippen molar-refractivity contribution in [2.75, 3.05) is 26.2 Å². The molecule has 1 N–H and O–H groups in total. The normalized spacial score (nSPS) is 17.3. The van der Waals surface area contributed by atoms with Gasteiger partial charge in [0.1, 0.15) is 11.9 Å². The number of rotatable bonds is 5. The van der Waals surface area contributed by atoms with Crippen LogP contribution in [0.15, 0.2) is 24.3 Å². The van der Waals surface area contributed by atoms with Crippen molar-refractivity contribution in [2.24, 2.45) is 0 Å². The van der Waals surface area contributed by atoms with E-state index >= 15 is 0 Å². The van der Waals surface area contributed by atoms with E-state index in [2.05, 4.69) is 4.90 Å². The molecule has 0 aliphatic carbocycles. The minimum absolute atomic E-state index is 0.0511. The molecule has 1 aliphatic heterocycles. The standard InChI is InChI=1S/C13H18N2O4/c16-9-8-14-6-4-12(5-7-14)19-13-3-1-2-11(10-13)15(17)18/h1-3,10,12,16H,4-9H2. The molecule has 0 amide bonds. The predicted octanol–water partition coefficient (Wildman–Crippen LogP) is 1.43. The van der Waals surface area contributed by atoms with Crippen molar-refractivity contribution in [3.05, 3.63) is 34.4 Å². The molecule has 1 fully saturated rings. The van der Waals surface area contributed by atoms with Crippen LogP contribution in [0, 0.1) is 10.1 Å². The van der Waals surface area contributed by atoms with Crippen LogP contribution in [-0.4, -0.2) is 47.3 Å². The number of ether oxygens (including phenoxy) is 1. The SMILES string of the molecule is O=[N+]([O-])c1cccc(OC2CCN(CCO)CC2)c1. The van der Waals surface area contributed by atoms with E-state index in [4.69, 9.17) is 9.84 Å². The van der Waals surface area contributed by atoms with Gasteiger partial charge >= 0.3 is 0 Å². The molecule has 0 saturated carbocycles. The highest BCUT2D eigenvalue weighted by molar-refractivity contribution is 5.38. The van der Waals surface area contributed by atoms with Crippen molar-refractivity contribution in [3.8, 4) is 5.75 Å². The van der Waals surface area contributed by atoms with Crippen LogP contribution in [-0.2, 0) is 0 Å². The number of aliphatic hydroxyl groups excluding tert-OH is 1. The minimum Gasteiger partial charge on any atom is -0.490 e. The number of nitro groups is 1. The molecule has 0 spiro atoms. The quantitative estimate of drug-likeness (QED) is 0.644. The van der Waals surface area contributed by atoms with Gasteiger partial charge < -0.3 is 14.7 Å². The Morgan fingerprint density at radius 2 is 2.16 bits per heavy atom. The van der Waals surface area contributed by atoms with E-state index in [1.54, 1.807) is 12.1 Å². The summed E-state index contributed by atoms with van der Waals surface area (Å²) >= 11 is 0. The lowest BCUT2D eigenvalue weighted by Crippen LogP contribution is -2.39. The second-order valence-electron chi connectivity index (χ2n) is 4.64. The van der Waals surface area contributed by atoms with Gasteiger partial charge in [0.05, 0.1) is 17.6 Å². The van der Waals surface area contributed by atoms with Crippen LogP contribution in [0.2, 0.25) is 0 Å². The van der Waals surface area contributed by atoms with Crippen LogP contribution < -0.4 is 4.74 Å². The first-order valence-corrected chi connectivity index (χ1v) is 6.43. The summed E-state index contributed by atoms with van der Waals surface area (Å²) in [4.78, 5) is 12.4. The van der Waals surface area contributed by atoms with Crippen LogP contribution in [0.25, 0.3) is 0 Å². The van der Waals surface area contributed by atoms with Gasteiger partial charge in [-0.2, -0.15) is 0 Å². The first-order valence-electron chi connectivity index (χ1n) is 6.43. The highest BCUT2D eigenvalue weighted by Gasteiger charge is 2.20. The summed E-state index contributed by atoms with van der Waals surface area (Å²) in [7, 11) is 0. The van der Waals surface area contributed by atoms with Gasteiger partial charge in [0, 0.05) is 25.7 Å². The third-order valence-electron chi connectivity index (χ3n) is 3.28. The van der Waals surface area contributed by atoms with E-state index in [0.717, 1.165) is 25.9 Å². The number of non-ortho nitro benzene ring substituents is 1. The molecule has 0 atom stereocenters. The van der Waals surface area contributed by atoms with Crippen molar-refractivity contribution in [2.45, 2.75) is 18.9 Å². The van der Waals surface area contributed by atoms with E-state index < -0.39 is 4.92 Å². The van der Waals surface area contributed by atoms with Crippen molar-refractivity contribution in [1.29, 1.82) is 0 Å². The van der Waals surface area contributed by atoms with Crippen molar-refractivity contribution < 1.29 is 14.8 Å². The summed E-state index contributed by atoms with van der Waals surface area (Å²) in [5.74, 6) is 0.551. The third kappa shape index (κ3) is 3.90. The fourth-order valence-corrected chi connectivity index (χ4v) is 2.25. The van der Waals surface area contributed by atoms with E-state index in [1.165, 1.54) is 12.1 Å². The molecule has 1 aliphatic rings. The fourth-order valence-electron chi connectivity index (χ4n) is 2.25. The fraction of sp³-hybridized carbons (Fsp3) is 0.538. The number of β-amino-alcohol motifs (C(OH)–C–C–N with tert-alkyl or cyclic N) is 1. The summed E-state index contributed by atoms with van der Waals surface area (Å²) in [5.41, 5.74) is 0.0511. The molecule has 0 bridgehead atoms. The Kier molecular flexibility index (Phi) is 4.70. The van der Waals surface area contributed by atoms with Crippen LogP contribution in [0.5, 0.6) is 5.75 Å². The lowest BCUT2D eigenvalue weighted by Gasteiger charge is -2.31. The molecule has 0 unspecified atom stereocenters. The lowest BCUT2D eigenvalue weighted by molar-refractivity contribution is -0.384. The minimum atomic E-state index is -0.420. The zero-order chi connectivity index (χ0) is 13.7. The average molecular weight is 266 g/mol. The van der Waals surface area contributed by atoms with E-state index in [9.17, 15) is 10.1 Å². The highest BCUT2D eigenvalue weighted by Crippen LogP contribution is 2.23. The van der Waals surface area contributed by atoms with Gasteiger partial charge in [-0.05, 0) is 18.9 Å². The van der Waals surface area contributed by atoms with Crippen molar-refractivity contribution in [3.63, 3.8) is 0 Å². The molecule has 19 heavy (non-hydrogen) atoms. The monoisotopic (exact) mass is 266 g/mol. The summed E-state index contributed by atoms with van der Waals surface area (Å²) in [5, 5.41) is 19.5. The van der Waals surface area contributed by atoms with Crippen LogP contribution in [0.4, 0.5) is 5.69 Å². The average Bonchev–Trinajstić information content (AvgIpc) is 2.42. The second-order valence-corrected chi connectivity index (χ2v) is 4.64. The molecule has 0 radical (unpaired) electrons. The Bertz CT molecular complexity index is 430. The number of benzene rings is 1. The van der Waals surface area contributed by atoms with Gasteiger partial charge in [0.25, 0.3) is 5.69 Å².